The Morgan fingerprint density at radius 1 is 1.03 bits per heavy atom. The molecule has 2 aromatic rings. The molecule has 1 fully saturated rings. The summed E-state index contributed by atoms with van der Waals surface area (Å²) in [7, 11) is -0.286. The van der Waals surface area contributed by atoms with Crippen LogP contribution in [-0.2, 0) is 10.0 Å². The first-order valence-corrected chi connectivity index (χ1v) is 11.2. The maximum Gasteiger partial charge on any atom is 0.251 e. The molecule has 29 heavy (non-hydrogen) atoms. The maximum absolute atomic E-state index is 12.8. The molecule has 0 spiro atoms. The van der Waals surface area contributed by atoms with Gasteiger partial charge in [-0.2, -0.15) is 0 Å². The predicted molar refractivity (Wildman–Crippen MR) is 115 cm³/mol. The average molecular weight is 417 g/mol. The molecule has 7 nitrogen and oxygen atoms in total. The van der Waals surface area contributed by atoms with Crippen LogP contribution in [0.5, 0.6) is 0 Å². The number of anilines is 1. The highest BCUT2D eigenvalue weighted by atomic mass is 32.2. The van der Waals surface area contributed by atoms with Gasteiger partial charge in [0, 0.05) is 31.7 Å². The minimum absolute atomic E-state index is 0.129. The summed E-state index contributed by atoms with van der Waals surface area (Å²) >= 11 is 0. The summed E-state index contributed by atoms with van der Waals surface area (Å²) in [5.74, 6) is -0.307. The molecule has 0 bridgehead atoms. The Labute approximate surface area is 172 Å². The van der Waals surface area contributed by atoms with E-state index in [1.54, 1.807) is 12.1 Å². The fourth-order valence-corrected chi connectivity index (χ4v) is 4.37. The Bertz CT molecular complexity index is 955. The number of piperazine rings is 1. The Hall–Kier alpha value is -2.42. The van der Waals surface area contributed by atoms with E-state index in [-0.39, 0.29) is 16.8 Å². The Morgan fingerprint density at radius 3 is 2.31 bits per heavy atom. The fourth-order valence-electron chi connectivity index (χ4n) is 3.39. The van der Waals surface area contributed by atoms with Gasteiger partial charge in [0.2, 0.25) is 10.0 Å². The van der Waals surface area contributed by atoms with Crippen LogP contribution in [0.1, 0.15) is 28.9 Å². The SMILES string of the molecule is CNS(=O)(=O)c1cc(C(=O)N[C@H](C)c2ccccc2)ccc1N1CCN(C)CC1. The summed E-state index contributed by atoms with van der Waals surface area (Å²) in [6.07, 6.45) is 0. The number of hydrogen-bond acceptors (Lipinski definition) is 5. The summed E-state index contributed by atoms with van der Waals surface area (Å²) in [5.41, 5.74) is 1.93. The molecule has 0 unspecified atom stereocenters. The van der Waals surface area contributed by atoms with Gasteiger partial charge in [-0.3, -0.25) is 4.79 Å². The van der Waals surface area contributed by atoms with E-state index in [0.29, 0.717) is 11.3 Å². The number of nitrogens with zero attached hydrogens (tertiary/aromatic N) is 2. The third-order valence-electron chi connectivity index (χ3n) is 5.27. The van der Waals surface area contributed by atoms with Gasteiger partial charge in [-0.05, 0) is 44.8 Å². The van der Waals surface area contributed by atoms with E-state index in [9.17, 15) is 13.2 Å². The number of benzene rings is 2. The number of hydrogen-bond donors (Lipinski definition) is 2. The summed E-state index contributed by atoms with van der Waals surface area (Å²) in [4.78, 5) is 17.2. The first-order chi connectivity index (χ1) is 13.8. The Balaban J connectivity index is 1.88. The lowest BCUT2D eigenvalue weighted by atomic mass is 10.1. The largest absolute Gasteiger partial charge is 0.368 e. The molecule has 8 heteroatoms. The lowest BCUT2D eigenvalue weighted by Crippen LogP contribution is -2.45. The molecule has 2 aromatic carbocycles. The number of likely N-dealkylation sites (N-methyl/N-ethyl adjacent to an activating group) is 1. The second-order valence-electron chi connectivity index (χ2n) is 7.29. The molecule has 1 atom stereocenters. The van der Waals surface area contributed by atoms with Crippen molar-refractivity contribution in [1.82, 2.24) is 14.9 Å². The van der Waals surface area contributed by atoms with Crippen molar-refractivity contribution in [3.63, 3.8) is 0 Å². The molecule has 3 rings (SSSR count). The van der Waals surface area contributed by atoms with Crippen LogP contribution < -0.4 is 14.9 Å². The van der Waals surface area contributed by atoms with Crippen molar-refractivity contribution in [2.75, 3.05) is 45.2 Å². The van der Waals surface area contributed by atoms with Crippen LogP contribution in [0, 0.1) is 0 Å². The molecule has 0 aliphatic carbocycles. The number of carbonyl (C=O) groups is 1. The molecular formula is C21H28N4O3S. The van der Waals surface area contributed by atoms with Gasteiger partial charge in [-0.15, -0.1) is 0 Å². The number of rotatable bonds is 6. The van der Waals surface area contributed by atoms with Crippen molar-refractivity contribution in [3.8, 4) is 0 Å². The van der Waals surface area contributed by atoms with E-state index in [2.05, 4.69) is 19.8 Å². The number of carbonyl (C=O) groups excluding carboxylic acids is 1. The lowest BCUT2D eigenvalue weighted by Gasteiger charge is -2.35. The van der Waals surface area contributed by atoms with E-state index in [0.717, 1.165) is 31.7 Å². The van der Waals surface area contributed by atoms with Gasteiger partial charge in [0.05, 0.1) is 11.7 Å². The summed E-state index contributed by atoms with van der Waals surface area (Å²) in [6, 6.07) is 14.3. The monoisotopic (exact) mass is 416 g/mol. The van der Waals surface area contributed by atoms with E-state index >= 15 is 0 Å². The second kappa shape index (κ2) is 8.94. The molecule has 1 heterocycles. The molecule has 1 aliphatic heterocycles. The van der Waals surface area contributed by atoms with Crippen LogP contribution >= 0.6 is 0 Å². The van der Waals surface area contributed by atoms with E-state index < -0.39 is 10.0 Å². The van der Waals surface area contributed by atoms with Gasteiger partial charge in [0.25, 0.3) is 5.91 Å². The summed E-state index contributed by atoms with van der Waals surface area (Å²) in [6.45, 7) is 5.08. The Kier molecular flexibility index (Phi) is 6.56. The maximum atomic E-state index is 12.8. The van der Waals surface area contributed by atoms with Gasteiger partial charge >= 0.3 is 0 Å². The van der Waals surface area contributed by atoms with Gasteiger partial charge < -0.3 is 15.1 Å². The zero-order chi connectivity index (χ0) is 21.0. The molecule has 0 aromatic heterocycles. The highest BCUT2D eigenvalue weighted by molar-refractivity contribution is 7.89. The molecule has 1 aliphatic rings. The second-order valence-corrected chi connectivity index (χ2v) is 9.14. The first kappa shape index (κ1) is 21.3. The molecule has 0 saturated carbocycles. The minimum Gasteiger partial charge on any atom is -0.368 e. The van der Waals surface area contributed by atoms with Gasteiger partial charge in [0.1, 0.15) is 4.90 Å². The Morgan fingerprint density at radius 2 is 1.69 bits per heavy atom. The van der Waals surface area contributed by atoms with Gasteiger partial charge in [-0.25, -0.2) is 13.1 Å². The zero-order valence-corrected chi connectivity index (χ0v) is 17.9. The van der Waals surface area contributed by atoms with Crippen LogP contribution in [0.15, 0.2) is 53.4 Å². The fraction of sp³-hybridized carbons (Fsp3) is 0.381. The average Bonchev–Trinajstić information content (AvgIpc) is 2.74. The minimum atomic E-state index is -3.71. The standard InChI is InChI=1S/C21H28N4O3S/c1-16(17-7-5-4-6-8-17)23-21(26)18-9-10-19(20(15-18)29(27,28)22-2)25-13-11-24(3)12-14-25/h4-10,15-16,22H,11-14H2,1-3H3,(H,23,26)/t16-/m1/s1. The van der Waals surface area contributed by atoms with Crippen molar-refractivity contribution in [2.24, 2.45) is 0 Å². The number of sulfonamides is 1. The summed E-state index contributed by atoms with van der Waals surface area (Å²) in [5, 5.41) is 2.94. The van der Waals surface area contributed by atoms with Crippen LogP contribution in [-0.4, -0.2) is 59.5 Å². The van der Waals surface area contributed by atoms with Crippen LogP contribution in [0.3, 0.4) is 0 Å². The third kappa shape index (κ3) is 4.95. The van der Waals surface area contributed by atoms with Crippen molar-refractivity contribution < 1.29 is 13.2 Å². The van der Waals surface area contributed by atoms with Crippen LogP contribution in [0.4, 0.5) is 5.69 Å². The number of nitrogens with one attached hydrogen (secondary N) is 2. The predicted octanol–water partition coefficient (Wildman–Crippen LogP) is 1.84. The topological polar surface area (TPSA) is 81.7 Å². The highest BCUT2D eigenvalue weighted by Gasteiger charge is 2.25. The molecular weight excluding hydrogens is 388 g/mol. The zero-order valence-electron chi connectivity index (χ0n) is 17.1. The quantitative estimate of drug-likeness (QED) is 0.751. The van der Waals surface area contributed by atoms with Gasteiger partial charge in [0.15, 0.2) is 0 Å². The van der Waals surface area contributed by atoms with E-state index in [1.165, 1.54) is 13.1 Å². The molecule has 1 saturated heterocycles. The van der Waals surface area contributed by atoms with E-state index in [4.69, 9.17) is 0 Å². The van der Waals surface area contributed by atoms with E-state index in [1.807, 2.05) is 44.3 Å². The van der Waals surface area contributed by atoms with Crippen molar-refractivity contribution >= 4 is 21.6 Å². The number of amides is 1. The first-order valence-electron chi connectivity index (χ1n) is 9.68. The highest BCUT2D eigenvalue weighted by Crippen LogP contribution is 2.27. The van der Waals surface area contributed by atoms with Crippen molar-refractivity contribution in [1.29, 1.82) is 0 Å². The molecule has 0 radical (unpaired) electrons. The normalized spacial score (nSPS) is 16.4. The molecule has 156 valence electrons. The third-order valence-corrected chi connectivity index (χ3v) is 6.71. The smallest absolute Gasteiger partial charge is 0.251 e. The molecule has 1 amide bonds. The van der Waals surface area contributed by atoms with Crippen molar-refractivity contribution in [3.05, 3.63) is 59.7 Å². The lowest BCUT2D eigenvalue weighted by molar-refractivity contribution is 0.0939. The van der Waals surface area contributed by atoms with Gasteiger partial charge in [-0.1, -0.05) is 30.3 Å². The molecule has 2 N–H and O–H groups in total. The van der Waals surface area contributed by atoms with Crippen LogP contribution in [0.25, 0.3) is 0 Å². The van der Waals surface area contributed by atoms with Crippen molar-refractivity contribution in [2.45, 2.75) is 17.9 Å². The summed E-state index contributed by atoms with van der Waals surface area (Å²) < 4.78 is 27.7. The van der Waals surface area contributed by atoms with Crippen LogP contribution in [0.2, 0.25) is 0 Å².